The summed E-state index contributed by atoms with van der Waals surface area (Å²) in [5, 5.41) is 10.9. The highest BCUT2D eigenvalue weighted by atomic mass is 16.5. The van der Waals surface area contributed by atoms with Crippen LogP contribution < -0.4 is 9.47 Å². The first-order valence-electron chi connectivity index (χ1n) is 12.3. The molecule has 0 aliphatic rings. The smallest absolute Gasteiger partial charge is 0.120 e. The van der Waals surface area contributed by atoms with Crippen LogP contribution in [0.4, 0.5) is 0 Å². The number of ether oxygens (including phenoxy) is 2. The molecule has 0 bridgehead atoms. The number of nitrogens with zero attached hydrogens (tertiary/aromatic N) is 1. The number of fused-ring (bicyclic) bond motifs is 1. The molecule has 0 saturated heterocycles. The largest absolute Gasteiger partial charge is 0.508 e. The molecule has 0 unspecified atom stereocenters. The molecule has 1 aromatic heterocycles. The van der Waals surface area contributed by atoms with E-state index < -0.39 is 0 Å². The zero-order valence-electron chi connectivity index (χ0n) is 20.9. The van der Waals surface area contributed by atoms with E-state index in [1.54, 1.807) is 12.1 Å². The zero-order chi connectivity index (χ0) is 25.1. The standard InChI is InChI=1S/C32H31NO3/c1-22(2)36-28-15-11-26(12-16-28)32-23(3)30-19-29(35-21-25-7-5-4-6-8-25)17-18-31(30)33(32)20-24-9-13-27(34)14-10-24/h4-19,22,34H,20-21H2,1-3H3. The van der Waals surface area contributed by atoms with E-state index in [9.17, 15) is 5.11 Å². The Labute approximate surface area is 212 Å². The fourth-order valence-electron chi connectivity index (χ4n) is 4.62. The Hall–Kier alpha value is -4.18. The Morgan fingerprint density at radius 3 is 2.17 bits per heavy atom. The number of hydrogen-bond acceptors (Lipinski definition) is 3. The Morgan fingerprint density at radius 2 is 1.47 bits per heavy atom. The van der Waals surface area contributed by atoms with Gasteiger partial charge >= 0.3 is 0 Å². The van der Waals surface area contributed by atoms with Crippen molar-refractivity contribution in [2.24, 2.45) is 0 Å². The number of aromatic nitrogens is 1. The first-order valence-corrected chi connectivity index (χ1v) is 12.3. The molecule has 0 fully saturated rings. The molecule has 0 saturated carbocycles. The number of benzene rings is 4. The lowest BCUT2D eigenvalue weighted by Gasteiger charge is -2.14. The van der Waals surface area contributed by atoms with Gasteiger partial charge in [0.2, 0.25) is 0 Å². The highest BCUT2D eigenvalue weighted by Crippen LogP contribution is 2.36. The van der Waals surface area contributed by atoms with Crippen LogP contribution in [0.5, 0.6) is 17.2 Å². The Balaban J connectivity index is 1.55. The summed E-state index contributed by atoms with van der Waals surface area (Å²) >= 11 is 0. The van der Waals surface area contributed by atoms with Crippen molar-refractivity contribution in [1.82, 2.24) is 4.57 Å². The quantitative estimate of drug-likeness (QED) is 0.249. The van der Waals surface area contributed by atoms with Gasteiger partial charge in [0.1, 0.15) is 23.9 Å². The predicted molar refractivity (Wildman–Crippen MR) is 146 cm³/mol. The van der Waals surface area contributed by atoms with Crippen molar-refractivity contribution in [3.8, 4) is 28.5 Å². The lowest BCUT2D eigenvalue weighted by atomic mass is 10.1. The fourth-order valence-corrected chi connectivity index (χ4v) is 4.62. The molecule has 0 aliphatic heterocycles. The van der Waals surface area contributed by atoms with E-state index in [2.05, 4.69) is 47.9 Å². The van der Waals surface area contributed by atoms with Gasteiger partial charge in [-0.1, -0.05) is 42.5 Å². The maximum Gasteiger partial charge on any atom is 0.120 e. The monoisotopic (exact) mass is 477 g/mol. The predicted octanol–water partition coefficient (Wildman–Crippen LogP) is 7.74. The lowest BCUT2D eigenvalue weighted by Crippen LogP contribution is -2.05. The van der Waals surface area contributed by atoms with Gasteiger partial charge in [-0.15, -0.1) is 0 Å². The first kappa shape index (κ1) is 23.6. The molecular formula is C32H31NO3. The van der Waals surface area contributed by atoms with E-state index in [0.717, 1.165) is 44.8 Å². The Morgan fingerprint density at radius 1 is 0.778 bits per heavy atom. The Kier molecular flexibility index (Phi) is 6.68. The molecule has 0 amide bonds. The summed E-state index contributed by atoms with van der Waals surface area (Å²) in [7, 11) is 0. The molecule has 1 N–H and O–H groups in total. The second kappa shape index (κ2) is 10.2. The molecule has 1 heterocycles. The molecule has 182 valence electrons. The third-order valence-corrected chi connectivity index (χ3v) is 6.31. The van der Waals surface area contributed by atoms with Gasteiger partial charge in [-0.25, -0.2) is 0 Å². The number of rotatable bonds is 8. The molecule has 4 aromatic carbocycles. The van der Waals surface area contributed by atoms with Crippen molar-refractivity contribution >= 4 is 10.9 Å². The van der Waals surface area contributed by atoms with E-state index in [-0.39, 0.29) is 11.9 Å². The van der Waals surface area contributed by atoms with Crippen LogP contribution >= 0.6 is 0 Å². The van der Waals surface area contributed by atoms with E-state index >= 15 is 0 Å². The van der Waals surface area contributed by atoms with Gasteiger partial charge in [-0.3, -0.25) is 0 Å². The topological polar surface area (TPSA) is 43.6 Å². The Bertz CT molecular complexity index is 1450. The van der Waals surface area contributed by atoms with Crippen molar-refractivity contribution in [3.05, 3.63) is 114 Å². The molecule has 5 aromatic rings. The zero-order valence-corrected chi connectivity index (χ0v) is 20.9. The average Bonchev–Trinajstić information content (AvgIpc) is 3.15. The first-order chi connectivity index (χ1) is 17.5. The fraction of sp³-hybridized carbons (Fsp3) is 0.188. The summed E-state index contributed by atoms with van der Waals surface area (Å²) < 4.78 is 14.3. The second-order valence-electron chi connectivity index (χ2n) is 9.37. The summed E-state index contributed by atoms with van der Waals surface area (Å²) in [6.07, 6.45) is 0.132. The maximum absolute atomic E-state index is 9.75. The number of hydrogen-bond donors (Lipinski definition) is 1. The van der Waals surface area contributed by atoms with Crippen molar-refractivity contribution in [2.75, 3.05) is 0 Å². The third-order valence-electron chi connectivity index (χ3n) is 6.31. The minimum atomic E-state index is 0.132. The number of phenolic OH excluding ortho intramolecular Hbond substituents is 1. The van der Waals surface area contributed by atoms with Crippen LogP contribution in [0.1, 0.15) is 30.5 Å². The highest BCUT2D eigenvalue weighted by Gasteiger charge is 2.17. The molecule has 0 aliphatic carbocycles. The third kappa shape index (κ3) is 5.08. The minimum absolute atomic E-state index is 0.132. The van der Waals surface area contributed by atoms with E-state index in [1.807, 2.05) is 62.4 Å². The summed E-state index contributed by atoms with van der Waals surface area (Å²) in [4.78, 5) is 0. The van der Waals surface area contributed by atoms with E-state index in [4.69, 9.17) is 9.47 Å². The number of phenols is 1. The van der Waals surface area contributed by atoms with Crippen molar-refractivity contribution in [2.45, 2.75) is 40.0 Å². The average molecular weight is 478 g/mol. The van der Waals surface area contributed by atoms with Gasteiger partial charge in [0.05, 0.1) is 11.8 Å². The summed E-state index contributed by atoms with van der Waals surface area (Å²) in [5.41, 5.74) is 6.90. The number of aromatic hydroxyl groups is 1. The summed E-state index contributed by atoms with van der Waals surface area (Å²) in [5.74, 6) is 1.99. The van der Waals surface area contributed by atoms with Crippen LogP contribution in [0.25, 0.3) is 22.2 Å². The van der Waals surface area contributed by atoms with Crippen LogP contribution in [0.2, 0.25) is 0 Å². The van der Waals surface area contributed by atoms with Crippen molar-refractivity contribution in [3.63, 3.8) is 0 Å². The molecule has 0 spiro atoms. The SMILES string of the molecule is Cc1c(-c2ccc(OC(C)C)cc2)n(Cc2ccc(O)cc2)c2ccc(OCc3ccccc3)cc12. The molecule has 4 nitrogen and oxygen atoms in total. The van der Waals surface area contributed by atoms with Gasteiger partial charge in [0, 0.05) is 17.4 Å². The van der Waals surface area contributed by atoms with Crippen molar-refractivity contribution < 1.29 is 14.6 Å². The summed E-state index contributed by atoms with van der Waals surface area (Å²) in [6, 6.07) is 32.3. The van der Waals surface area contributed by atoms with Crippen LogP contribution in [0.3, 0.4) is 0 Å². The van der Waals surface area contributed by atoms with Crippen molar-refractivity contribution in [1.29, 1.82) is 0 Å². The van der Waals surface area contributed by atoms with Gasteiger partial charge in [-0.05, 0) is 97.6 Å². The molecule has 0 atom stereocenters. The highest BCUT2D eigenvalue weighted by molar-refractivity contribution is 5.92. The van der Waals surface area contributed by atoms with E-state index in [0.29, 0.717) is 13.2 Å². The molecule has 36 heavy (non-hydrogen) atoms. The molecule has 0 radical (unpaired) electrons. The maximum atomic E-state index is 9.75. The molecular weight excluding hydrogens is 446 g/mol. The van der Waals surface area contributed by atoms with Gasteiger partial charge in [-0.2, -0.15) is 0 Å². The van der Waals surface area contributed by atoms with Crippen LogP contribution in [0.15, 0.2) is 97.1 Å². The van der Waals surface area contributed by atoms with Gasteiger partial charge in [0.25, 0.3) is 0 Å². The molecule has 4 heteroatoms. The van der Waals surface area contributed by atoms with Gasteiger partial charge < -0.3 is 19.1 Å². The second-order valence-corrected chi connectivity index (χ2v) is 9.37. The molecule has 5 rings (SSSR count). The number of aryl methyl sites for hydroxylation is 1. The van der Waals surface area contributed by atoms with E-state index in [1.165, 1.54) is 5.56 Å². The minimum Gasteiger partial charge on any atom is -0.508 e. The van der Waals surface area contributed by atoms with Crippen LogP contribution in [-0.4, -0.2) is 15.8 Å². The normalized spacial score (nSPS) is 11.2. The lowest BCUT2D eigenvalue weighted by molar-refractivity contribution is 0.242. The van der Waals surface area contributed by atoms with Gasteiger partial charge in [0.15, 0.2) is 0 Å². The summed E-state index contributed by atoms with van der Waals surface area (Å²) in [6.45, 7) is 7.46. The van der Waals surface area contributed by atoms with Crippen LogP contribution in [0, 0.1) is 6.92 Å². The van der Waals surface area contributed by atoms with Crippen LogP contribution in [-0.2, 0) is 13.2 Å².